The van der Waals surface area contributed by atoms with Crippen LogP contribution in [0.3, 0.4) is 0 Å². The molecule has 1 fully saturated rings. The lowest BCUT2D eigenvalue weighted by molar-refractivity contribution is -0.00262. The first-order chi connectivity index (χ1) is 11.1. The van der Waals surface area contributed by atoms with Crippen LogP contribution >= 0.6 is 35.3 Å². The number of halogens is 1. The number of rotatable bonds is 6. The van der Waals surface area contributed by atoms with E-state index in [0.717, 1.165) is 51.6 Å². The normalized spacial score (nSPS) is 17.5. The largest absolute Gasteiger partial charge is 0.381 e. The standard InChI is InChI=1S/C17H30N4OS.HI/c1-5-18-16(21(4)12-15-6-11-23-13-15)19-14-17(20(2)3)7-9-22-10-8-17;/h6,11,13H,5,7-10,12,14H2,1-4H3,(H,18,19);1H. The maximum atomic E-state index is 5.55. The molecule has 0 unspecified atom stereocenters. The molecule has 138 valence electrons. The zero-order valence-electron chi connectivity index (χ0n) is 15.2. The highest BCUT2D eigenvalue weighted by Gasteiger charge is 2.34. The van der Waals surface area contributed by atoms with E-state index in [2.05, 4.69) is 60.0 Å². The van der Waals surface area contributed by atoms with Gasteiger partial charge >= 0.3 is 0 Å². The number of hydrogen-bond acceptors (Lipinski definition) is 4. The molecule has 0 saturated carbocycles. The molecular formula is C17H31IN4OS. The zero-order valence-corrected chi connectivity index (χ0v) is 18.4. The monoisotopic (exact) mass is 466 g/mol. The van der Waals surface area contributed by atoms with Crippen molar-refractivity contribution < 1.29 is 4.74 Å². The van der Waals surface area contributed by atoms with Crippen LogP contribution in [0.2, 0.25) is 0 Å². The highest BCUT2D eigenvalue weighted by Crippen LogP contribution is 2.26. The quantitative estimate of drug-likeness (QED) is 0.398. The molecule has 1 aliphatic heterocycles. The lowest BCUT2D eigenvalue weighted by Gasteiger charge is -2.42. The van der Waals surface area contributed by atoms with E-state index in [9.17, 15) is 0 Å². The molecule has 2 heterocycles. The first kappa shape index (κ1) is 21.7. The number of likely N-dealkylation sites (N-methyl/N-ethyl adjacent to an activating group) is 1. The van der Waals surface area contributed by atoms with E-state index in [4.69, 9.17) is 9.73 Å². The zero-order chi connectivity index (χ0) is 16.7. The Morgan fingerprint density at radius 1 is 1.33 bits per heavy atom. The third-order valence-corrected chi connectivity index (χ3v) is 5.32. The number of nitrogens with one attached hydrogen (secondary N) is 1. The lowest BCUT2D eigenvalue weighted by atomic mass is 9.89. The van der Waals surface area contributed by atoms with Crippen LogP contribution in [0.5, 0.6) is 0 Å². The Labute approximate surface area is 167 Å². The van der Waals surface area contributed by atoms with E-state index in [-0.39, 0.29) is 29.5 Å². The second-order valence-corrected chi connectivity index (χ2v) is 7.17. The molecule has 0 aromatic carbocycles. The summed E-state index contributed by atoms with van der Waals surface area (Å²) >= 11 is 1.74. The highest BCUT2D eigenvalue weighted by molar-refractivity contribution is 14.0. The van der Waals surface area contributed by atoms with Crippen molar-refractivity contribution in [2.75, 3.05) is 47.4 Å². The number of hydrogen-bond donors (Lipinski definition) is 1. The first-order valence-electron chi connectivity index (χ1n) is 8.33. The SMILES string of the molecule is CCNC(=NCC1(N(C)C)CCOCC1)N(C)Cc1ccsc1.I. The number of guanidine groups is 1. The van der Waals surface area contributed by atoms with Gasteiger partial charge in [-0.25, -0.2) is 0 Å². The summed E-state index contributed by atoms with van der Waals surface area (Å²) in [5.74, 6) is 0.978. The van der Waals surface area contributed by atoms with Gasteiger partial charge in [0.1, 0.15) is 0 Å². The Kier molecular flexibility index (Phi) is 9.54. The van der Waals surface area contributed by atoms with Crippen molar-refractivity contribution in [3.8, 4) is 0 Å². The number of aliphatic imine (C=N–C) groups is 1. The van der Waals surface area contributed by atoms with Gasteiger partial charge in [0.2, 0.25) is 0 Å². The van der Waals surface area contributed by atoms with Gasteiger partial charge < -0.3 is 19.9 Å². The predicted molar refractivity (Wildman–Crippen MR) is 114 cm³/mol. The maximum Gasteiger partial charge on any atom is 0.194 e. The number of nitrogens with zero attached hydrogens (tertiary/aromatic N) is 3. The summed E-state index contributed by atoms with van der Waals surface area (Å²) < 4.78 is 5.55. The van der Waals surface area contributed by atoms with E-state index in [1.165, 1.54) is 5.56 Å². The van der Waals surface area contributed by atoms with Gasteiger partial charge in [-0.2, -0.15) is 11.3 Å². The minimum Gasteiger partial charge on any atom is -0.381 e. The van der Waals surface area contributed by atoms with Gasteiger partial charge in [0, 0.05) is 38.9 Å². The van der Waals surface area contributed by atoms with E-state index in [1.807, 2.05) is 0 Å². The summed E-state index contributed by atoms with van der Waals surface area (Å²) in [5.41, 5.74) is 1.44. The van der Waals surface area contributed by atoms with Crippen molar-refractivity contribution in [3.05, 3.63) is 22.4 Å². The summed E-state index contributed by atoms with van der Waals surface area (Å²) in [6.07, 6.45) is 2.08. The fourth-order valence-electron chi connectivity index (χ4n) is 2.92. The van der Waals surface area contributed by atoms with Gasteiger partial charge in [-0.05, 0) is 56.3 Å². The molecule has 0 atom stereocenters. The third kappa shape index (κ3) is 5.86. The van der Waals surface area contributed by atoms with Gasteiger partial charge in [-0.1, -0.05) is 0 Å². The number of thiophene rings is 1. The lowest BCUT2D eigenvalue weighted by Crippen LogP contribution is -2.51. The second kappa shape index (κ2) is 10.6. The van der Waals surface area contributed by atoms with Crippen molar-refractivity contribution in [3.63, 3.8) is 0 Å². The Balaban J connectivity index is 0.00000288. The molecule has 0 spiro atoms. The molecule has 1 N–H and O–H groups in total. The minimum absolute atomic E-state index is 0. The van der Waals surface area contributed by atoms with Gasteiger partial charge in [-0.3, -0.25) is 4.99 Å². The van der Waals surface area contributed by atoms with Crippen LogP contribution < -0.4 is 5.32 Å². The molecular weight excluding hydrogens is 435 g/mol. The average Bonchev–Trinajstić information content (AvgIpc) is 3.05. The van der Waals surface area contributed by atoms with Crippen LogP contribution in [0.15, 0.2) is 21.8 Å². The van der Waals surface area contributed by atoms with Crippen LogP contribution in [0, 0.1) is 0 Å². The molecule has 7 heteroatoms. The van der Waals surface area contributed by atoms with Gasteiger partial charge in [0.15, 0.2) is 5.96 Å². The molecule has 0 radical (unpaired) electrons. The summed E-state index contributed by atoms with van der Waals surface area (Å²) in [4.78, 5) is 9.47. The van der Waals surface area contributed by atoms with Crippen LogP contribution in [0.1, 0.15) is 25.3 Å². The topological polar surface area (TPSA) is 40.1 Å². The number of ether oxygens (including phenoxy) is 1. The van der Waals surface area contributed by atoms with Gasteiger partial charge in [-0.15, -0.1) is 24.0 Å². The fourth-order valence-corrected chi connectivity index (χ4v) is 3.58. The fraction of sp³-hybridized carbons (Fsp3) is 0.706. The second-order valence-electron chi connectivity index (χ2n) is 6.39. The van der Waals surface area contributed by atoms with Crippen molar-refractivity contribution in [1.82, 2.24) is 15.1 Å². The molecule has 0 bridgehead atoms. The van der Waals surface area contributed by atoms with Crippen LogP contribution in [-0.4, -0.2) is 68.7 Å². The van der Waals surface area contributed by atoms with Crippen molar-refractivity contribution in [2.45, 2.75) is 31.8 Å². The molecule has 1 aromatic heterocycles. The molecule has 0 aliphatic carbocycles. The predicted octanol–water partition coefficient (Wildman–Crippen LogP) is 2.87. The average molecular weight is 466 g/mol. The van der Waals surface area contributed by atoms with Gasteiger partial charge in [0.25, 0.3) is 0 Å². The first-order valence-corrected chi connectivity index (χ1v) is 9.27. The Hall–Kier alpha value is -0.380. The van der Waals surface area contributed by atoms with Crippen molar-refractivity contribution >= 4 is 41.3 Å². The van der Waals surface area contributed by atoms with E-state index >= 15 is 0 Å². The minimum atomic E-state index is 0. The molecule has 5 nitrogen and oxygen atoms in total. The van der Waals surface area contributed by atoms with Crippen LogP contribution in [-0.2, 0) is 11.3 Å². The van der Waals surface area contributed by atoms with E-state index < -0.39 is 0 Å². The Bertz CT molecular complexity index is 487. The summed E-state index contributed by atoms with van der Waals surface area (Å²) in [6.45, 7) is 6.34. The maximum absolute atomic E-state index is 5.55. The van der Waals surface area contributed by atoms with Gasteiger partial charge in [0.05, 0.1) is 6.54 Å². The molecule has 2 rings (SSSR count). The Morgan fingerprint density at radius 2 is 2.04 bits per heavy atom. The molecule has 24 heavy (non-hydrogen) atoms. The van der Waals surface area contributed by atoms with Crippen molar-refractivity contribution in [2.24, 2.45) is 4.99 Å². The van der Waals surface area contributed by atoms with Crippen molar-refractivity contribution in [1.29, 1.82) is 0 Å². The molecule has 0 amide bonds. The van der Waals surface area contributed by atoms with E-state index in [0.29, 0.717) is 0 Å². The summed E-state index contributed by atoms with van der Waals surface area (Å²) in [6, 6.07) is 2.17. The Morgan fingerprint density at radius 3 is 2.58 bits per heavy atom. The van der Waals surface area contributed by atoms with Crippen LogP contribution in [0.25, 0.3) is 0 Å². The van der Waals surface area contributed by atoms with E-state index in [1.54, 1.807) is 11.3 Å². The van der Waals surface area contributed by atoms with Crippen LogP contribution in [0.4, 0.5) is 0 Å². The smallest absolute Gasteiger partial charge is 0.194 e. The summed E-state index contributed by atoms with van der Waals surface area (Å²) in [7, 11) is 6.41. The summed E-state index contributed by atoms with van der Waals surface area (Å²) in [5, 5.41) is 7.74. The molecule has 1 aliphatic rings. The molecule has 1 saturated heterocycles. The third-order valence-electron chi connectivity index (χ3n) is 4.59. The highest BCUT2D eigenvalue weighted by atomic mass is 127. The molecule has 1 aromatic rings.